The number of carbonyl (C=O) groups excluding carboxylic acids is 2. The minimum Gasteiger partial charge on any atom is -0.389 e. The topological polar surface area (TPSA) is 67.3 Å². The first-order chi connectivity index (χ1) is 14.8. The van der Waals surface area contributed by atoms with Gasteiger partial charge in [-0.3, -0.25) is 14.6 Å². The van der Waals surface area contributed by atoms with Crippen LogP contribution < -0.4 is 0 Å². The van der Waals surface area contributed by atoms with E-state index >= 15 is 0 Å². The zero-order valence-corrected chi connectivity index (χ0v) is 18.9. The van der Waals surface area contributed by atoms with Crippen LogP contribution in [0.25, 0.3) is 0 Å². The lowest BCUT2D eigenvalue weighted by molar-refractivity contribution is -0.139. The predicted molar refractivity (Wildman–Crippen MR) is 119 cm³/mol. The van der Waals surface area contributed by atoms with Gasteiger partial charge in [0.2, 0.25) is 0 Å². The van der Waals surface area contributed by atoms with Crippen molar-refractivity contribution in [2.24, 2.45) is 28.1 Å². The summed E-state index contributed by atoms with van der Waals surface area (Å²) in [5.41, 5.74) is 2.89. The lowest BCUT2D eigenvalue weighted by atomic mass is 9.48. The molecule has 2 unspecified atom stereocenters. The van der Waals surface area contributed by atoms with E-state index in [2.05, 4.69) is 31.8 Å². The molecule has 2 fully saturated rings. The predicted octanol–water partition coefficient (Wildman–Crippen LogP) is 4.79. The Bertz CT molecular complexity index is 995. The van der Waals surface area contributed by atoms with E-state index in [1.807, 2.05) is 30.5 Å². The average Bonchev–Trinajstić information content (AvgIpc) is 3.02. The van der Waals surface area contributed by atoms with Crippen LogP contribution in [0.5, 0.6) is 0 Å². The molecule has 4 heteroatoms. The standard InChI is InChI=1S/C27H33NO3/c1-25-11-9-18(30)14-17(25)7-8-19-20(25)10-12-26(2)21(19)15-22(23-6-4-5-13-28-23)27(26,3)24(31)16-29/h4-6,10,13-14,19,21-22,29H,7-9,11-12,15-16H2,1-3H3/t19?,21?,22-,25+,26+,27-/m1/s1. The largest absolute Gasteiger partial charge is 0.389 e. The average molecular weight is 420 g/mol. The molecule has 1 heterocycles. The number of hydrogen-bond acceptors (Lipinski definition) is 4. The summed E-state index contributed by atoms with van der Waals surface area (Å²) in [5, 5.41) is 9.96. The molecule has 0 saturated heterocycles. The van der Waals surface area contributed by atoms with Crippen LogP contribution in [0.4, 0.5) is 0 Å². The van der Waals surface area contributed by atoms with E-state index in [9.17, 15) is 14.7 Å². The molecule has 0 amide bonds. The SMILES string of the molecule is C[C@]12CCC(=O)C=C1CCC1C2=CC[C@@]2(C)C1C[C@H](c1ccccn1)[C@]2(C)C(=O)CO. The van der Waals surface area contributed by atoms with Gasteiger partial charge in [-0.25, -0.2) is 0 Å². The van der Waals surface area contributed by atoms with E-state index in [-0.39, 0.29) is 28.3 Å². The Balaban J connectivity index is 1.61. The maximum Gasteiger partial charge on any atom is 0.165 e. The van der Waals surface area contributed by atoms with E-state index < -0.39 is 12.0 Å². The van der Waals surface area contributed by atoms with Crippen LogP contribution in [0.3, 0.4) is 0 Å². The molecule has 1 aromatic rings. The Labute approximate surface area is 184 Å². The van der Waals surface area contributed by atoms with Crippen molar-refractivity contribution in [3.05, 3.63) is 53.4 Å². The van der Waals surface area contributed by atoms with Crippen LogP contribution in [0.2, 0.25) is 0 Å². The number of hydrogen-bond donors (Lipinski definition) is 1. The summed E-state index contributed by atoms with van der Waals surface area (Å²) in [6.45, 7) is 6.27. The number of aliphatic hydroxyl groups excluding tert-OH is 1. The van der Waals surface area contributed by atoms with Crippen molar-refractivity contribution in [1.29, 1.82) is 0 Å². The Morgan fingerprint density at radius 1 is 1.23 bits per heavy atom. The van der Waals surface area contributed by atoms with Gasteiger partial charge in [0.1, 0.15) is 6.61 Å². The van der Waals surface area contributed by atoms with Gasteiger partial charge in [0, 0.05) is 35.1 Å². The van der Waals surface area contributed by atoms with Gasteiger partial charge in [-0.1, -0.05) is 44.1 Å². The first-order valence-corrected chi connectivity index (χ1v) is 11.7. The second-order valence-corrected chi connectivity index (χ2v) is 10.8. The molecular formula is C27H33NO3. The number of fused-ring (bicyclic) bond motifs is 5. The summed E-state index contributed by atoms with van der Waals surface area (Å²) < 4.78 is 0. The highest BCUT2D eigenvalue weighted by Crippen LogP contribution is 2.71. The van der Waals surface area contributed by atoms with Crippen LogP contribution >= 0.6 is 0 Å². The third-order valence-corrected chi connectivity index (χ3v) is 9.87. The normalized spacial score (nSPS) is 41.5. The Kier molecular flexibility index (Phi) is 4.68. The molecule has 0 radical (unpaired) electrons. The number of pyridine rings is 1. The molecule has 5 rings (SSSR count). The molecule has 0 spiro atoms. The lowest BCUT2D eigenvalue weighted by Crippen LogP contribution is -2.51. The first kappa shape index (κ1) is 20.8. The van der Waals surface area contributed by atoms with Crippen molar-refractivity contribution in [1.82, 2.24) is 4.98 Å². The van der Waals surface area contributed by atoms with E-state index in [1.165, 1.54) is 11.1 Å². The van der Waals surface area contributed by atoms with E-state index in [4.69, 9.17) is 0 Å². The third-order valence-electron chi connectivity index (χ3n) is 9.87. The number of carbonyl (C=O) groups is 2. The van der Waals surface area contributed by atoms with Gasteiger partial charge in [-0.2, -0.15) is 0 Å². The summed E-state index contributed by atoms with van der Waals surface area (Å²) in [6.07, 6.45) is 11.4. The molecule has 1 aromatic heterocycles. The van der Waals surface area contributed by atoms with Crippen molar-refractivity contribution in [2.75, 3.05) is 6.61 Å². The fourth-order valence-corrected chi connectivity index (χ4v) is 7.81. The van der Waals surface area contributed by atoms with Gasteiger partial charge in [-0.15, -0.1) is 0 Å². The zero-order valence-electron chi connectivity index (χ0n) is 18.9. The van der Waals surface area contributed by atoms with Crippen molar-refractivity contribution in [3.8, 4) is 0 Å². The molecule has 4 aliphatic carbocycles. The summed E-state index contributed by atoms with van der Waals surface area (Å²) >= 11 is 0. The highest BCUT2D eigenvalue weighted by atomic mass is 16.3. The molecule has 4 aliphatic rings. The number of Topliss-reactive ketones (excluding diaryl/α,β-unsaturated/α-hetero) is 1. The van der Waals surface area contributed by atoms with Crippen LogP contribution in [-0.4, -0.2) is 28.3 Å². The summed E-state index contributed by atoms with van der Waals surface area (Å²) in [6, 6.07) is 5.95. The van der Waals surface area contributed by atoms with Crippen molar-refractivity contribution >= 4 is 11.6 Å². The molecule has 1 N–H and O–H groups in total. The number of ketones is 2. The van der Waals surface area contributed by atoms with Gasteiger partial charge in [-0.05, 0) is 67.6 Å². The van der Waals surface area contributed by atoms with E-state index in [0.717, 1.165) is 37.8 Å². The van der Waals surface area contributed by atoms with Crippen molar-refractivity contribution in [2.45, 2.75) is 65.2 Å². The van der Waals surface area contributed by atoms with Crippen molar-refractivity contribution < 1.29 is 14.7 Å². The molecule has 0 bridgehead atoms. The molecular weight excluding hydrogens is 386 g/mol. The van der Waals surface area contributed by atoms with Gasteiger partial charge >= 0.3 is 0 Å². The van der Waals surface area contributed by atoms with E-state index in [0.29, 0.717) is 18.3 Å². The molecule has 4 nitrogen and oxygen atoms in total. The highest BCUT2D eigenvalue weighted by molar-refractivity contribution is 5.92. The smallest absolute Gasteiger partial charge is 0.165 e. The van der Waals surface area contributed by atoms with Crippen molar-refractivity contribution in [3.63, 3.8) is 0 Å². The number of allylic oxidation sites excluding steroid dienone is 4. The molecule has 0 aliphatic heterocycles. The van der Waals surface area contributed by atoms with Crippen LogP contribution in [0, 0.1) is 28.1 Å². The maximum absolute atomic E-state index is 13.3. The molecule has 31 heavy (non-hydrogen) atoms. The monoisotopic (exact) mass is 419 g/mol. The molecule has 0 aromatic carbocycles. The summed E-state index contributed by atoms with van der Waals surface area (Å²) in [7, 11) is 0. The minimum absolute atomic E-state index is 0.00813. The van der Waals surface area contributed by atoms with Crippen LogP contribution in [-0.2, 0) is 9.59 Å². The number of nitrogens with zero attached hydrogens (tertiary/aromatic N) is 1. The van der Waals surface area contributed by atoms with Gasteiger partial charge < -0.3 is 5.11 Å². The third kappa shape index (κ3) is 2.67. The second kappa shape index (κ2) is 6.96. The second-order valence-electron chi connectivity index (χ2n) is 10.8. The van der Waals surface area contributed by atoms with Crippen LogP contribution in [0.1, 0.15) is 70.9 Å². The van der Waals surface area contributed by atoms with Gasteiger partial charge in [0.25, 0.3) is 0 Å². The number of rotatable bonds is 3. The maximum atomic E-state index is 13.3. The Hall–Kier alpha value is -2.07. The molecule has 2 saturated carbocycles. The first-order valence-electron chi connectivity index (χ1n) is 11.7. The lowest BCUT2D eigenvalue weighted by Gasteiger charge is -2.55. The van der Waals surface area contributed by atoms with E-state index in [1.54, 1.807) is 0 Å². The molecule has 164 valence electrons. The summed E-state index contributed by atoms with van der Waals surface area (Å²) in [5.74, 6) is 1.01. The zero-order chi connectivity index (χ0) is 22.0. The quantitative estimate of drug-likeness (QED) is 0.715. The molecule has 6 atom stereocenters. The fourth-order valence-electron chi connectivity index (χ4n) is 7.81. The minimum atomic E-state index is -0.650. The number of aromatic nitrogens is 1. The fraction of sp³-hybridized carbons (Fsp3) is 0.593. The van der Waals surface area contributed by atoms with Gasteiger partial charge in [0.15, 0.2) is 11.6 Å². The number of aliphatic hydroxyl groups is 1. The van der Waals surface area contributed by atoms with Crippen LogP contribution in [0.15, 0.2) is 47.7 Å². The summed E-state index contributed by atoms with van der Waals surface area (Å²) in [4.78, 5) is 30.1. The Morgan fingerprint density at radius 2 is 2.03 bits per heavy atom. The highest BCUT2D eigenvalue weighted by Gasteiger charge is 2.66. The Morgan fingerprint density at radius 3 is 2.74 bits per heavy atom. The van der Waals surface area contributed by atoms with Gasteiger partial charge in [0.05, 0.1) is 0 Å².